The zero-order valence-electron chi connectivity index (χ0n) is 10.8. The molecule has 20 heavy (non-hydrogen) atoms. The summed E-state index contributed by atoms with van der Waals surface area (Å²) in [4.78, 5) is 23.4. The van der Waals surface area contributed by atoms with Gasteiger partial charge in [-0.3, -0.25) is 20.4 Å². The van der Waals surface area contributed by atoms with Crippen LogP contribution in [0, 0.1) is 3.57 Å². The second-order valence-corrected chi connectivity index (χ2v) is 5.27. The van der Waals surface area contributed by atoms with Gasteiger partial charge in [0.25, 0.3) is 11.8 Å². The SMILES string of the molecule is CCNC(=S)NNC(=O)CNC(=O)c1ccccc1I. The third kappa shape index (κ3) is 5.70. The highest BCUT2D eigenvalue weighted by molar-refractivity contribution is 14.1. The summed E-state index contributed by atoms with van der Waals surface area (Å²) in [6, 6.07) is 7.14. The lowest BCUT2D eigenvalue weighted by atomic mass is 10.2. The highest BCUT2D eigenvalue weighted by atomic mass is 127. The van der Waals surface area contributed by atoms with Crippen molar-refractivity contribution in [1.82, 2.24) is 21.5 Å². The first-order valence-corrected chi connectivity index (χ1v) is 7.38. The normalized spacial score (nSPS) is 9.50. The predicted molar refractivity (Wildman–Crippen MR) is 89.0 cm³/mol. The Morgan fingerprint density at radius 3 is 2.55 bits per heavy atom. The number of nitrogens with one attached hydrogen (secondary N) is 4. The Morgan fingerprint density at radius 1 is 1.20 bits per heavy atom. The Hall–Kier alpha value is -1.42. The zero-order valence-corrected chi connectivity index (χ0v) is 13.8. The minimum atomic E-state index is -0.385. The van der Waals surface area contributed by atoms with Gasteiger partial charge in [0, 0.05) is 10.1 Å². The summed E-state index contributed by atoms with van der Waals surface area (Å²) in [7, 11) is 0. The number of carbonyl (C=O) groups is 2. The molecule has 0 radical (unpaired) electrons. The van der Waals surface area contributed by atoms with Gasteiger partial charge in [0.1, 0.15) is 0 Å². The maximum absolute atomic E-state index is 11.9. The van der Waals surface area contributed by atoms with Crippen LogP contribution in [0.15, 0.2) is 24.3 Å². The molecular weight excluding hydrogens is 391 g/mol. The lowest BCUT2D eigenvalue weighted by molar-refractivity contribution is -0.120. The van der Waals surface area contributed by atoms with E-state index in [1.165, 1.54) is 0 Å². The molecule has 108 valence electrons. The van der Waals surface area contributed by atoms with Gasteiger partial charge in [0.05, 0.1) is 12.1 Å². The molecule has 0 aliphatic heterocycles. The molecule has 0 aliphatic carbocycles. The van der Waals surface area contributed by atoms with Crippen LogP contribution >= 0.6 is 34.8 Å². The number of benzene rings is 1. The van der Waals surface area contributed by atoms with Crippen LogP contribution in [0.1, 0.15) is 17.3 Å². The molecule has 8 heteroatoms. The molecule has 1 aromatic carbocycles. The minimum absolute atomic E-state index is 0.133. The number of halogens is 1. The summed E-state index contributed by atoms with van der Waals surface area (Å²) in [6.45, 7) is 2.41. The third-order valence-corrected chi connectivity index (χ3v) is 3.37. The van der Waals surface area contributed by atoms with E-state index in [9.17, 15) is 9.59 Å². The van der Waals surface area contributed by atoms with Crippen LogP contribution in [0.2, 0.25) is 0 Å². The molecule has 1 aromatic rings. The average Bonchev–Trinajstić information content (AvgIpc) is 2.43. The number of thiocarbonyl (C=S) groups is 1. The Morgan fingerprint density at radius 2 is 1.90 bits per heavy atom. The standard InChI is InChI=1S/C12H15IN4O2S/c1-2-14-12(20)17-16-10(18)7-15-11(19)8-5-3-4-6-9(8)13/h3-6H,2,7H2,1H3,(H,15,19)(H,16,18)(H2,14,17,20). The van der Waals surface area contributed by atoms with E-state index in [0.29, 0.717) is 17.2 Å². The van der Waals surface area contributed by atoms with Crippen LogP contribution < -0.4 is 21.5 Å². The Kier molecular flexibility index (Phi) is 7.23. The summed E-state index contributed by atoms with van der Waals surface area (Å²) in [5.41, 5.74) is 5.44. The lowest BCUT2D eigenvalue weighted by Crippen LogP contribution is -2.49. The lowest BCUT2D eigenvalue weighted by Gasteiger charge is -2.11. The predicted octanol–water partition coefficient (Wildman–Crippen LogP) is 0.536. The number of hydrogen-bond donors (Lipinski definition) is 4. The fourth-order valence-electron chi connectivity index (χ4n) is 1.28. The molecule has 0 fully saturated rings. The molecule has 2 amide bonds. The molecule has 6 nitrogen and oxygen atoms in total. The molecule has 0 heterocycles. The van der Waals surface area contributed by atoms with Crippen LogP contribution in [0.4, 0.5) is 0 Å². The van der Waals surface area contributed by atoms with E-state index in [1.807, 2.05) is 19.1 Å². The smallest absolute Gasteiger partial charge is 0.257 e. The van der Waals surface area contributed by atoms with Gasteiger partial charge in [0.15, 0.2) is 5.11 Å². The first kappa shape index (κ1) is 16.6. The van der Waals surface area contributed by atoms with Crippen molar-refractivity contribution in [3.8, 4) is 0 Å². The van der Waals surface area contributed by atoms with Crippen molar-refractivity contribution >= 4 is 51.7 Å². The first-order valence-electron chi connectivity index (χ1n) is 5.90. The third-order valence-electron chi connectivity index (χ3n) is 2.18. The van der Waals surface area contributed by atoms with Crippen molar-refractivity contribution in [2.24, 2.45) is 0 Å². The molecule has 0 spiro atoms. The van der Waals surface area contributed by atoms with E-state index in [1.54, 1.807) is 12.1 Å². The van der Waals surface area contributed by atoms with Crippen LogP contribution in [0.5, 0.6) is 0 Å². The van der Waals surface area contributed by atoms with E-state index in [-0.39, 0.29) is 18.4 Å². The monoisotopic (exact) mass is 406 g/mol. The Labute approximate surface area is 136 Å². The highest BCUT2D eigenvalue weighted by Gasteiger charge is 2.10. The second-order valence-electron chi connectivity index (χ2n) is 3.70. The largest absolute Gasteiger partial charge is 0.362 e. The first-order chi connectivity index (χ1) is 9.54. The molecule has 4 N–H and O–H groups in total. The van der Waals surface area contributed by atoms with Crippen LogP contribution in [-0.2, 0) is 4.79 Å². The van der Waals surface area contributed by atoms with Crippen molar-refractivity contribution in [2.75, 3.05) is 13.1 Å². The fraction of sp³-hybridized carbons (Fsp3) is 0.250. The fourth-order valence-corrected chi connectivity index (χ4v) is 2.10. The van der Waals surface area contributed by atoms with Gasteiger partial charge in [-0.25, -0.2) is 0 Å². The van der Waals surface area contributed by atoms with Gasteiger partial charge >= 0.3 is 0 Å². The highest BCUT2D eigenvalue weighted by Crippen LogP contribution is 2.10. The summed E-state index contributed by atoms with van der Waals surface area (Å²) in [5.74, 6) is -0.677. The van der Waals surface area contributed by atoms with E-state index in [0.717, 1.165) is 3.57 Å². The molecule has 0 atom stereocenters. The summed E-state index contributed by atoms with van der Waals surface area (Å²) >= 11 is 6.94. The molecule has 1 rings (SSSR count). The molecule has 0 aromatic heterocycles. The quantitative estimate of drug-likeness (QED) is 0.334. The number of hydrogen-bond acceptors (Lipinski definition) is 3. The Bertz CT molecular complexity index is 510. The van der Waals surface area contributed by atoms with Crippen LogP contribution in [0.25, 0.3) is 0 Å². The minimum Gasteiger partial charge on any atom is -0.362 e. The molecule has 0 saturated heterocycles. The van der Waals surface area contributed by atoms with Crippen molar-refractivity contribution in [3.63, 3.8) is 0 Å². The van der Waals surface area contributed by atoms with Gasteiger partial charge in [0.2, 0.25) is 0 Å². The zero-order chi connectivity index (χ0) is 15.0. The van der Waals surface area contributed by atoms with Crippen molar-refractivity contribution in [1.29, 1.82) is 0 Å². The van der Waals surface area contributed by atoms with Gasteiger partial charge in [-0.2, -0.15) is 0 Å². The van der Waals surface area contributed by atoms with Crippen LogP contribution in [-0.4, -0.2) is 30.0 Å². The van der Waals surface area contributed by atoms with Crippen molar-refractivity contribution in [2.45, 2.75) is 6.92 Å². The summed E-state index contributed by atoms with van der Waals surface area (Å²) in [6.07, 6.45) is 0. The average molecular weight is 406 g/mol. The van der Waals surface area contributed by atoms with E-state index in [4.69, 9.17) is 12.2 Å². The number of hydrazine groups is 1. The van der Waals surface area contributed by atoms with E-state index in [2.05, 4.69) is 44.1 Å². The maximum atomic E-state index is 11.9. The van der Waals surface area contributed by atoms with E-state index < -0.39 is 0 Å². The number of rotatable bonds is 4. The van der Waals surface area contributed by atoms with Gasteiger partial charge < -0.3 is 10.6 Å². The Balaban J connectivity index is 2.36. The molecular formula is C12H15IN4O2S. The summed E-state index contributed by atoms with van der Waals surface area (Å²) in [5, 5.41) is 5.68. The van der Waals surface area contributed by atoms with Gasteiger partial charge in [-0.05, 0) is 53.9 Å². The van der Waals surface area contributed by atoms with E-state index >= 15 is 0 Å². The van der Waals surface area contributed by atoms with Gasteiger partial charge in [-0.15, -0.1) is 0 Å². The summed E-state index contributed by atoms with van der Waals surface area (Å²) < 4.78 is 0.828. The second kappa shape index (κ2) is 8.69. The topological polar surface area (TPSA) is 82.3 Å². The van der Waals surface area contributed by atoms with Crippen molar-refractivity contribution in [3.05, 3.63) is 33.4 Å². The maximum Gasteiger partial charge on any atom is 0.257 e. The number of carbonyl (C=O) groups excluding carboxylic acids is 2. The molecule has 0 bridgehead atoms. The van der Waals surface area contributed by atoms with Crippen LogP contribution in [0.3, 0.4) is 0 Å². The number of amides is 2. The molecule has 0 aliphatic rings. The van der Waals surface area contributed by atoms with Gasteiger partial charge in [-0.1, -0.05) is 12.1 Å². The van der Waals surface area contributed by atoms with Crippen molar-refractivity contribution < 1.29 is 9.59 Å². The molecule has 0 saturated carbocycles. The molecule has 0 unspecified atom stereocenters.